The fraction of sp³-hybridized carbons (Fsp3) is 0.600. The molecule has 20 heavy (non-hydrogen) atoms. The van der Waals surface area contributed by atoms with E-state index in [0.717, 1.165) is 51.1 Å². The van der Waals surface area contributed by atoms with Crippen molar-refractivity contribution in [1.29, 1.82) is 0 Å². The molecule has 0 atom stereocenters. The van der Waals surface area contributed by atoms with E-state index in [4.69, 9.17) is 9.47 Å². The van der Waals surface area contributed by atoms with Crippen LogP contribution in [0, 0.1) is 5.82 Å². The Hall–Kier alpha value is -1.33. The van der Waals surface area contributed by atoms with Crippen molar-refractivity contribution in [3.8, 4) is 11.5 Å². The van der Waals surface area contributed by atoms with Gasteiger partial charge in [0, 0.05) is 32.2 Å². The largest absolute Gasteiger partial charge is 0.486 e. The van der Waals surface area contributed by atoms with E-state index < -0.39 is 0 Å². The second kappa shape index (κ2) is 6.41. The lowest BCUT2D eigenvalue weighted by Crippen LogP contribution is -2.43. The van der Waals surface area contributed by atoms with E-state index in [1.54, 1.807) is 6.07 Å². The van der Waals surface area contributed by atoms with Crippen molar-refractivity contribution in [2.45, 2.75) is 12.8 Å². The van der Waals surface area contributed by atoms with E-state index in [9.17, 15) is 4.39 Å². The molecule has 2 aliphatic rings. The van der Waals surface area contributed by atoms with Crippen LogP contribution in [0.2, 0.25) is 0 Å². The van der Waals surface area contributed by atoms with Crippen LogP contribution in [-0.4, -0.2) is 50.8 Å². The number of nitrogens with one attached hydrogen (secondary N) is 1. The van der Waals surface area contributed by atoms with Crippen molar-refractivity contribution in [2.24, 2.45) is 0 Å². The summed E-state index contributed by atoms with van der Waals surface area (Å²) in [7, 11) is 0. The molecule has 2 heterocycles. The van der Waals surface area contributed by atoms with Gasteiger partial charge in [-0.25, -0.2) is 4.39 Å². The Bertz CT molecular complexity index is 461. The highest BCUT2D eigenvalue weighted by molar-refractivity contribution is 5.44. The Morgan fingerprint density at radius 3 is 2.55 bits per heavy atom. The number of aryl methyl sites for hydroxylation is 1. The number of benzene rings is 1. The van der Waals surface area contributed by atoms with Crippen LogP contribution in [0.5, 0.6) is 11.5 Å². The van der Waals surface area contributed by atoms with Gasteiger partial charge in [0.25, 0.3) is 0 Å². The molecule has 0 radical (unpaired) electrons. The number of halogens is 1. The van der Waals surface area contributed by atoms with Gasteiger partial charge in [-0.05, 0) is 31.0 Å². The van der Waals surface area contributed by atoms with E-state index in [1.807, 2.05) is 0 Å². The van der Waals surface area contributed by atoms with Crippen molar-refractivity contribution in [2.75, 3.05) is 45.9 Å². The SMILES string of the molecule is Fc1cc2c(cc1CCCN1CCNCC1)OCCO2. The lowest BCUT2D eigenvalue weighted by atomic mass is 10.1. The Kier molecular flexibility index (Phi) is 4.38. The average Bonchev–Trinajstić information content (AvgIpc) is 2.49. The third-order valence-electron chi connectivity index (χ3n) is 3.84. The summed E-state index contributed by atoms with van der Waals surface area (Å²) in [6.45, 7) is 6.34. The van der Waals surface area contributed by atoms with Gasteiger partial charge in [-0.15, -0.1) is 0 Å². The summed E-state index contributed by atoms with van der Waals surface area (Å²) < 4.78 is 24.9. The minimum atomic E-state index is -0.186. The van der Waals surface area contributed by atoms with Crippen LogP contribution in [0.25, 0.3) is 0 Å². The topological polar surface area (TPSA) is 33.7 Å². The first-order chi connectivity index (χ1) is 9.83. The molecule has 0 aliphatic carbocycles. The standard InChI is InChI=1S/C15H21FN2O2/c16-13-11-15-14(19-8-9-20-15)10-12(13)2-1-5-18-6-3-17-4-7-18/h10-11,17H,1-9H2. The molecular weight excluding hydrogens is 259 g/mol. The maximum absolute atomic E-state index is 14.0. The maximum atomic E-state index is 14.0. The number of ether oxygens (including phenoxy) is 2. The summed E-state index contributed by atoms with van der Waals surface area (Å²) in [6, 6.07) is 3.25. The fourth-order valence-electron chi connectivity index (χ4n) is 2.73. The van der Waals surface area contributed by atoms with Crippen LogP contribution in [0.1, 0.15) is 12.0 Å². The summed E-state index contributed by atoms with van der Waals surface area (Å²) >= 11 is 0. The molecule has 1 N–H and O–H groups in total. The van der Waals surface area contributed by atoms with Gasteiger partial charge < -0.3 is 19.7 Å². The quantitative estimate of drug-likeness (QED) is 0.905. The summed E-state index contributed by atoms with van der Waals surface area (Å²) in [6.07, 6.45) is 1.71. The van der Waals surface area contributed by atoms with Crippen LogP contribution in [0.4, 0.5) is 4.39 Å². The number of hydrogen-bond acceptors (Lipinski definition) is 4. The van der Waals surface area contributed by atoms with Crippen molar-refractivity contribution in [3.63, 3.8) is 0 Å². The van der Waals surface area contributed by atoms with E-state index in [2.05, 4.69) is 10.2 Å². The van der Waals surface area contributed by atoms with Crippen LogP contribution < -0.4 is 14.8 Å². The van der Waals surface area contributed by atoms with E-state index >= 15 is 0 Å². The third kappa shape index (κ3) is 3.22. The zero-order chi connectivity index (χ0) is 13.8. The molecule has 5 heteroatoms. The fourth-order valence-corrected chi connectivity index (χ4v) is 2.73. The van der Waals surface area contributed by atoms with Gasteiger partial charge in [0.1, 0.15) is 19.0 Å². The second-order valence-corrected chi connectivity index (χ2v) is 5.28. The van der Waals surface area contributed by atoms with Crippen molar-refractivity contribution >= 4 is 0 Å². The molecule has 0 bridgehead atoms. The highest BCUT2D eigenvalue weighted by atomic mass is 19.1. The first-order valence-electron chi connectivity index (χ1n) is 7.34. The lowest BCUT2D eigenvalue weighted by molar-refractivity contribution is 0.170. The van der Waals surface area contributed by atoms with Crippen molar-refractivity contribution < 1.29 is 13.9 Å². The molecule has 0 spiro atoms. The molecule has 1 aromatic carbocycles. The molecule has 0 aromatic heterocycles. The molecule has 3 rings (SSSR count). The van der Waals surface area contributed by atoms with Gasteiger partial charge in [-0.2, -0.15) is 0 Å². The van der Waals surface area contributed by atoms with E-state index in [-0.39, 0.29) is 5.82 Å². The third-order valence-corrected chi connectivity index (χ3v) is 3.84. The maximum Gasteiger partial charge on any atom is 0.164 e. The molecule has 1 fully saturated rings. The Morgan fingerprint density at radius 1 is 1.10 bits per heavy atom. The van der Waals surface area contributed by atoms with Gasteiger partial charge in [-0.1, -0.05) is 0 Å². The Morgan fingerprint density at radius 2 is 1.80 bits per heavy atom. The van der Waals surface area contributed by atoms with Gasteiger partial charge in [0.05, 0.1) is 0 Å². The van der Waals surface area contributed by atoms with Crippen molar-refractivity contribution in [1.82, 2.24) is 10.2 Å². The Balaban J connectivity index is 1.56. The van der Waals surface area contributed by atoms with Crippen LogP contribution in [-0.2, 0) is 6.42 Å². The van der Waals surface area contributed by atoms with Crippen LogP contribution in [0.15, 0.2) is 12.1 Å². The van der Waals surface area contributed by atoms with Crippen molar-refractivity contribution in [3.05, 3.63) is 23.5 Å². The summed E-state index contributed by atoms with van der Waals surface area (Å²) in [5.74, 6) is 1.02. The highest BCUT2D eigenvalue weighted by Gasteiger charge is 2.16. The molecule has 0 amide bonds. The van der Waals surface area contributed by atoms with Crippen LogP contribution >= 0.6 is 0 Å². The van der Waals surface area contributed by atoms with Crippen LogP contribution in [0.3, 0.4) is 0 Å². The average molecular weight is 280 g/mol. The normalized spacial score (nSPS) is 19.1. The molecule has 2 aliphatic heterocycles. The molecule has 110 valence electrons. The molecule has 1 aromatic rings. The number of fused-ring (bicyclic) bond motifs is 1. The number of rotatable bonds is 4. The summed E-state index contributed by atoms with van der Waals surface area (Å²) in [5.41, 5.74) is 0.726. The smallest absolute Gasteiger partial charge is 0.164 e. The summed E-state index contributed by atoms with van der Waals surface area (Å²) in [4.78, 5) is 2.42. The van der Waals surface area contributed by atoms with E-state index in [0.29, 0.717) is 24.7 Å². The molecule has 1 saturated heterocycles. The predicted molar refractivity (Wildman–Crippen MR) is 75.0 cm³/mol. The number of hydrogen-bond donors (Lipinski definition) is 1. The molecular formula is C15H21FN2O2. The predicted octanol–water partition coefficient (Wildman–Crippen LogP) is 1.43. The monoisotopic (exact) mass is 280 g/mol. The zero-order valence-electron chi connectivity index (χ0n) is 11.7. The van der Waals surface area contributed by atoms with Gasteiger partial charge in [-0.3, -0.25) is 0 Å². The molecule has 0 unspecified atom stereocenters. The van der Waals surface area contributed by atoms with Gasteiger partial charge in [0.2, 0.25) is 0 Å². The number of piperazine rings is 1. The van der Waals surface area contributed by atoms with Gasteiger partial charge >= 0.3 is 0 Å². The summed E-state index contributed by atoms with van der Waals surface area (Å²) in [5, 5.41) is 3.33. The van der Waals surface area contributed by atoms with Gasteiger partial charge in [0.15, 0.2) is 11.5 Å². The second-order valence-electron chi connectivity index (χ2n) is 5.28. The number of nitrogens with zero attached hydrogens (tertiary/aromatic N) is 1. The Labute approximate surface area is 118 Å². The molecule has 4 nitrogen and oxygen atoms in total. The first-order valence-corrected chi connectivity index (χ1v) is 7.34. The first kappa shape index (κ1) is 13.6. The zero-order valence-corrected chi connectivity index (χ0v) is 11.7. The minimum Gasteiger partial charge on any atom is -0.486 e. The highest BCUT2D eigenvalue weighted by Crippen LogP contribution is 2.33. The van der Waals surface area contributed by atoms with E-state index in [1.165, 1.54) is 6.07 Å². The molecule has 0 saturated carbocycles. The lowest BCUT2D eigenvalue weighted by Gasteiger charge is -2.27. The minimum absolute atomic E-state index is 0.186.